The molecule has 5 nitrogen and oxygen atoms in total. The summed E-state index contributed by atoms with van der Waals surface area (Å²) in [6.45, 7) is 3.95. The molecule has 0 fully saturated rings. The zero-order chi connectivity index (χ0) is 14.0. The summed E-state index contributed by atoms with van der Waals surface area (Å²) < 4.78 is 6.99. The van der Waals surface area contributed by atoms with E-state index in [1.165, 1.54) is 0 Å². The highest BCUT2D eigenvalue weighted by atomic mass is 16.5. The predicted octanol–water partition coefficient (Wildman–Crippen LogP) is 1.98. The molecule has 2 N–H and O–H groups in total. The molecule has 2 rings (SSSR count). The highest BCUT2D eigenvalue weighted by Crippen LogP contribution is 2.15. The van der Waals surface area contributed by atoms with Crippen molar-refractivity contribution in [2.24, 2.45) is 7.05 Å². The van der Waals surface area contributed by atoms with Crippen LogP contribution in [-0.2, 0) is 18.4 Å². The van der Waals surface area contributed by atoms with E-state index in [0.29, 0.717) is 11.3 Å². The van der Waals surface area contributed by atoms with Gasteiger partial charge in [-0.05, 0) is 37.6 Å². The van der Waals surface area contributed by atoms with Gasteiger partial charge in [0.15, 0.2) is 0 Å². The van der Waals surface area contributed by atoms with Crippen molar-refractivity contribution in [3.63, 3.8) is 0 Å². The van der Waals surface area contributed by atoms with E-state index < -0.39 is 0 Å². The van der Waals surface area contributed by atoms with Crippen LogP contribution in [0, 0.1) is 13.8 Å². The Kier molecular flexibility index (Phi) is 3.55. The van der Waals surface area contributed by atoms with Crippen molar-refractivity contribution < 1.29 is 9.53 Å². The number of nitrogen functional groups attached to an aromatic ring is 1. The second-order valence-electron chi connectivity index (χ2n) is 4.55. The molecule has 100 valence electrons. The number of carbonyl (C=O) groups excluding carboxylic acids is 1. The smallest absolute Gasteiger partial charge is 0.338 e. The van der Waals surface area contributed by atoms with E-state index in [-0.39, 0.29) is 12.6 Å². The monoisotopic (exact) mass is 259 g/mol. The lowest BCUT2D eigenvalue weighted by Gasteiger charge is -2.08. The van der Waals surface area contributed by atoms with Gasteiger partial charge in [-0.25, -0.2) is 4.79 Å². The number of nitrogens with zero attached hydrogens (tertiary/aromatic N) is 2. The van der Waals surface area contributed by atoms with Gasteiger partial charge < -0.3 is 10.5 Å². The summed E-state index contributed by atoms with van der Waals surface area (Å²) in [5.41, 5.74) is 9.33. The van der Waals surface area contributed by atoms with Crippen LogP contribution < -0.4 is 5.73 Å². The van der Waals surface area contributed by atoms with E-state index in [1.807, 2.05) is 27.0 Å². The Morgan fingerprint density at radius 3 is 2.74 bits per heavy atom. The van der Waals surface area contributed by atoms with Crippen LogP contribution in [-0.4, -0.2) is 15.7 Å². The number of aryl methyl sites for hydroxylation is 3. The lowest BCUT2D eigenvalue weighted by atomic mass is 10.1. The molecule has 0 aliphatic rings. The zero-order valence-electron chi connectivity index (χ0n) is 11.3. The Morgan fingerprint density at radius 2 is 2.11 bits per heavy atom. The molecule has 0 saturated heterocycles. The third-order valence-electron chi connectivity index (χ3n) is 2.93. The molecule has 0 aliphatic carbocycles. The molecule has 0 saturated carbocycles. The topological polar surface area (TPSA) is 70.1 Å². The fourth-order valence-electron chi connectivity index (χ4n) is 1.88. The Morgan fingerprint density at radius 1 is 1.37 bits per heavy atom. The van der Waals surface area contributed by atoms with Crippen LogP contribution in [0.2, 0.25) is 0 Å². The molecule has 0 spiro atoms. The second kappa shape index (κ2) is 5.14. The van der Waals surface area contributed by atoms with Gasteiger partial charge in [0.25, 0.3) is 0 Å². The highest BCUT2D eigenvalue weighted by Gasteiger charge is 2.12. The zero-order valence-corrected chi connectivity index (χ0v) is 11.3. The average Bonchev–Trinajstić information content (AvgIpc) is 2.68. The van der Waals surface area contributed by atoms with E-state index in [1.54, 1.807) is 22.9 Å². The van der Waals surface area contributed by atoms with E-state index in [2.05, 4.69) is 5.10 Å². The van der Waals surface area contributed by atoms with Crippen molar-refractivity contribution in [1.29, 1.82) is 0 Å². The molecule has 1 heterocycles. The summed E-state index contributed by atoms with van der Waals surface area (Å²) in [5.74, 6) is -0.372. The normalized spacial score (nSPS) is 10.5. The summed E-state index contributed by atoms with van der Waals surface area (Å²) in [7, 11) is 1.82. The fraction of sp³-hybridized carbons (Fsp3) is 0.286. The minimum Gasteiger partial charge on any atom is -0.456 e. The van der Waals surface area contributed by atoms with Gasteiger partial charge >= 0.3 is 5.97 Å². The van der Waals surface area contributed by atoms with Gasteiger partial charge in [-0.15, -0.1) is 0 Å². The number of benzene rings is 1. The largest absolute Gasteiger partial charge is 0.456 e. The Hall–Kier alpha value is -2.30. The molecule has 19 heavy (non-hydrogen) atoms. The SMILES string of the molecule is Cc1cc(COC(=O)c2cc(N)ccc2C)n(C)n1. The van der Waals surface area contributed by atoms with Crippen molar-refractivity contribution in [1.82, 2.24) is 9.78 Å². The van der Waals surface area contributed by atoms with E-state index in [9.17, 15) is 4.79 Å². The second-order valence-corrected chi connectivity index (χ2v) is 4.55. The Labute approximate surface area is 112 Å². The van der Waals surface area contributed by atoms with Crippen molar-refractivity contribution in [2.75, 3.05) is 5.73 Å². The van der Waals surface area contributed by atoms with Crippen LogP contribution in [0.25, 0.3) is 0 Å². The molecule has 0 radical (unpaired) electrons. The molecule has 1 aromatic heterocycles. The van der Waals surface area contributed by atoms with E-state index >= 15 is 0 Å². The summed E-state index contributed by atoms with van der Waals surface area (Å²) >= 11 is 0. The molecule has 0 unspecified atom stereocenters. The fourth-order valence-corrected chi connectivity index (χ4v) is 1.88. The standard InChI is InChI=1S/C14H17N3O2/c1-9-4-5-11(15)7-13(9)14(18)19-8-12-6-10(2)16-17(12)3/h4-7H,8,15H2,1-3H3. The first-order valence-electron chi connectivity index (χ1n) is 6.00. The number of ether oxygens (including phenoxy) is 1. The lowest BCUT2D eigenvalue weighted by molar-refractivity contribution is 0.0462. The van der Waals surface area contributed by atoms with Crippen molar-refractivity contribution >= 4 is 11.7 Å². The molecule has 1 aromatic carbocycles. The molecular formula is C14H17N3O2. The number of nitrogens with two attached hydrogens (primary N) is 1. The number of hydrogen-bond acceptors (Lipinski definition) is 4. The van der Waals surface area contributed by atoms with Gasteiger partial charge in [0.2, 0.25) is 0 Å². The molecule has 5 heteroatoms. The van der Waals surface area contributed by atoms with Crippen LogP contribution in [0.1, 0.15) is 27.3 Å². The highest BCUT2D eigenvalue weighted by molar-refractivity contribution is 5.92. The maximum atomic E-state index is 12.0. The van der Waals surface area contributed by atoms with E-state index in [4.69, 9.17) is 10.5 Å². The minimum absolute atomic E-state index is 0.199. The first-order chi connectivity index (χ1) is 8.97. The maximum Gasteiger partial charge on any atom is 0.338 e. The molecule has 0 bridgehead atoms. The Bertz CT molecular complexity index is 617. The molecular weight excluding hydrogens is 242 g/mol. The summed E-state index contributed by atoms with van der Waals surface area (Å²) in [6.07, 6.45) is 0. The summed E-state index contributed by atoms with van der Waals surface area (Å²) in [4.78, 5) is 12.0. The van der Waals surface area contributed by atoms with Gasteiger partial charge in [0.05, 0.1) is 17.0 Å². The third kappa shape index (κ3) is 2.93. The average molecular weight is 259 g/mol. The van der Waals surface area contributed by atoms with Gasteiger partial charge in [-0.2, -0.15) is 5.10 Å². The van der Waals surface area contributed by atoms with E-state index in [0.717, 1.165) is 17.0 Å². The van der Waals surface area contributed by atoms with Gasteiger partial charge in [0.1, 0.15) is 6.61 Å². The van der Waals surface area contributed by atoms with Crippen molar-refractivity contribution in [3.8, 4) is 0 Å². The van der Waals surface area contributed by atoms with Crippen LogP contribution in [0.15, 0.2) is 24.3 Å². The molecule has 0 amide bonds. The number of rotatable bonds is 3. The predicted molar refractivity (Wildman–Crippen MR) is 72.7 cm³/mol. The lowest BCUT2D eigenvalue weighted by Crippen LogP contribution is -2.09. The van der Waals surface area contributed by atoms with Gasteiger partial charge in [-0.1, -0.05) is 6.07 Å². The number of aromatic nitrogens is 2. The number of esters is 1. The Balaban J connectivity index is 2.09. The van der Waals surface area contributed by atoms with Crippen LogP contribution >= 0.6 is 0 Å². The van der Waals surface area contributed by atoms with Crippen LogP contribution in [0.5, 0.6) is 0 Å². The van der Waals surface area contributed by atoms with Crippen molar-refractivity contribution in [2.45, 2.75) is 20.5 Å². The third-order valence-corrected chi connectivity index (χ3v) is 2.93. The molecule has 2 aromatic rings. The minimum atomic E-state index is -0.372. The quantitative estimate of drug-likeness (QED) is 0.676. The van der Waals surface area contributed by atoms with Crippen molar-refractivity contribution in [3.05, 3.63) is 46.8 Å². The number of hydrogen-bond donors (Lipinski definition) is 1. The molecule has 0 atom stereocenters. The van der Waals surface area contributed by atoms with Crippen LogP contribution in [0.3, 0.4) is 0 Å². The number of anilines is 1. The first-order valence-corrected chi connectivity index (χ1v) is 6.00. The molecule has 0 aliphatic heterocycles. The van der Waals surface area contributed by atoms with Gasteiger partial charge in [0, 0.05) is 12.7 Å². The van der Waals surface area contributed by atoms with Gasteiger partial charge in [-0.3, -0.25) is 4.68 Å². The summed E-state index contributed by atoms with van der Waals surface area (Å²) in [5, 5.41) is 4.20. The van der Waals surface area contributed by atoms with Crippen LogP contribution in [0.4, 0.5) is 5.69 Å². The number of carbonyl (C=O) groups is 1. The maximum absolute atomic E-state index is 12.0. The first kappa shape index (κ1) is 13.1. The summed E-state index contributed by atoms with van der Waals surface area (Å²) in [6, 6.07) is 7.09.